The summed E-state index contributed by atoms with van der Waals surface area (Å²) in [5, 5.41) is 3.04. The van der Waals surface area contributed by atoms with E-state index in [-0.39, 0.29) is 12.4 Å². The van der Waals surface area contributed by atoms with E-state index in [4.69, 9.17) is 0 Å². The maximum absolute atomic E-state index is 9.91. The maximum atomic E-state index is 9.91. The molecule has 0 saturated carbocycles. The van der Waals surface area contributed by atoms with Crippen LogP contribution in [-0.2, 0) is 11.3 Å². The fourth-order valence-electron chi connectivity index (χ4n) is 0.679. The second kappa shape index (κ2) is 5.03. The Hall–Kier alpha value is 0.320. The molecule has 0 aliphatic carbocycles. The highest BCUT2D eigenvalue weighted by Gasteiger charge is 2.15. The normalized spacial score (nSPS) is 20.9. The summed E-state index contributed by atoms with van der Waals surface area (Å²) >= 11 is -2.08. The third-order valence-electron chi connectivity index (χ3n) is 1.36. The second-order valence-electron chi connectivity index (χ2n) is 2.11. The monoisotopic (exact) mass is 185 g/mol. The molecule has 2 N–H and O–H groups in total. The van der Waals surface area contributed by atoms with Crippen molar-refractivity contribution in [2.24, 2.45) is 5.92 Å². The Balaban J connectivity index is 0.000000810. The van der Waals surface area contributed by atoms with Crippen LogP contribution < -0.4 is 10.0 Å². The lowest BCUT2D eigenvalue weighted by atomic mass is 10.1. The van der Waals surface area contributed by atoms with Gasteiger partial charge in [-0.05, 0) is 5.92 Å². The second-order valence-corrected chi connectivity index (χ2v) is 2.87. The van der Waals surface area contributed by atoms with Crippen LogP contribution >= 0.6 is 12.4 Å². The van der Waals surface area contributed by atoms with Crippen molar-refractivity contribution in [2.75, 3.05) is 19.6 Å². The average molecular weight is 186 g/mol. The summed E-state index contributed by atoms with van der Waals surface area (Å²) in [6, 6.07) is 0. The van der Waals surface area contributed by atoms with Crippen LogP contribution in [0.2, 0.25) is 0 Å². The van der Waals surface area contributed by atoms with Gasteiger partial charge in [0.1, 0.15) is 0 Å². The van der Waals surface area contributed by atoms with Crippen molar-refractivity contribution in [3.05, 3.63) is 0 Å². The molecule has 0 spiro atoms. The van der Waals surface area contributed by atoms with Crippen LogP contribution in [0.1, 0.15) is 0 Å². The van der Waals surface area contributed by atoms with Crippen molar-refractivity contribution in [1.82, 2.24) is 10.0 Å². The quantitative estimate of drug-likeness (QED) is 0.555. The molecule has 0 aromatic heterocycles. The predicted octanol–water partition coefficient (Wildman–Crippen LogP) is -0.989. The maximum Gasteiger partial charge on any atom is 0.0181 e. The van der Waals surface area contributed by atoms with E-state index in [9.17, 15) is 8.76 Å². The highest BCUT2D eigenvalue weighted by molar-refractivity contribution is 7.77. The molecule has 1 fully saturated rings. The average Bonchev–Trinajstić information content (AvgIpc) is 1.60. The number of rotatable bonds is 3. The van der Waals surface area contributed by atoms with Gasteiger partial charge in [0.15, 0.2) is 0 Å². The third-order valence-corrected chi connectivity index (χ3v) is 1.76. The minimum absolute atomic E-state index is 0. The number of hydrogen-bond donors (Lipinski definition) is 2. The van der Waals surface area contributed by atoms with Crippen molar-refractivity contribution in [3.8, 4) is 0 Å². The Labute approximate surface area is 68.6 Å². The van der Waals surface area contributed by atoms with E-state index < -0.39 is 11.3 Å². The van der Waals surface area contributed by atoms with Gasteiger partial charge in [-0.2, -0.15) is 0 Å². The minimum atomic E-state index is -2.08. The molecule has 0 radical (unpaired) electrons. The molecule has 1 aliphatic rings. The molecule has 1 saturated heterocycles. The van der Waals surface area contributed by atoms with E-state index >= 15 is 0 Å². The van der Waals surface area contributed by atoms with Gasteiger partial charge < -0.3 is 9.87 Å². The molecule has 1 aliphatic heterocycles. The molecule has 6 heteroatoms. The Morgan fingerprint density at radius 2 is 2.30 bits per heavy atom. The molecule has 10 heavy (non-hydrogen) atoms. The highest BCUT2D eigenvalue weighted by atomic mass is 35.5. The van der Waals surface area contributed by atoms with Crippen LogP contribution in [0.4, 0.5) is 0 Å². The fraction of sp³-hybridized carbons (Fsp3) is 1.00. The van der Waals surface area contributed by atoms with Gasteiger partial charge in [-0.25, -0.2) is 4.72 Å². The zero-order valence-electron chi connectivity index (χ0n) is 5.33. The summed E-state index contributed by atoms with van der Waals surface area (Å²) < 4.78 is 22.1. The third kappa shape index (κ3) is 3.48. The summed E-state index contributed by atoms with van der Waals surface area (Å²) in [6.45, 7) is 2.44. The van der Waals surface area contributed by atoms with Crippen LogP contribution in [-0.4, -0.2) is 28.4 Å². The van der Waals surface area contributed by atoms with Crippen molar-refractivity contribution < 1.29 is 8.76 Å². The summed E-state index contributed by atoms with van der Waals surface area (Å²) in [5.74, 6) is 0.503. The molecule has 0 bridgehead atoms. The van der Waals surface area contributed by atoms with Crippen LogP contribution in [0, 0.1) is 5.92 Å². The molecule has 1 rings (SSSR count). The number of halogens is 1. The molecule has 0 amide bonds. The fourth-order valence-corrected chi connectivity index (χ4v) is 1.05. The molecule has 1 unspecified atom stereocenters. The first kappa shape index (κ1) is 10.3. The molecule has 0 aromatic carbocycles. The van der Waals surface area contributed by atoms with Crippen LogP contribution in [0.5, 0.6) is 0 Å². The molecular weight excluding hydrogens is 176 g/mol. The van der Waals surface area contributed by atoms with E-state index in [0.717, 1.165) is 13.1 Å². The van der Waals surface area contributed by atoms with E-state index in [2.05, 4.69) is 10.0 Å². The Bertz CT molecular complexity index is 120. The first-order valence-corrected chi connectivity index (χ1v) is 3.90. The molecule has 0 aromatic rings. The van der Waals surface area contributed by atoms with E-state index in [1.807, 2.05) is 0 Å². The molecule has 4 nitrogen and oxygen atoms in total. The van der Waals surface area contributed by atoms with Gasteiger partial charge in [0.25, 0.3) is 0 Å². The van der Waals surface area contributed by atoms with Gasteiger partial charge in [0.2, 0.25) is 0 Å². The lowest BCUT2D eigenvalue weighted by Gasteiger charge is -2.27. The van der Waals surface area contributed by atoms with Crippen molar-refractivity contribution in [2.45, 2.75) is 0 Å². The first-order chi connectivity index (χ1) is 4.29. The van der Waals surface area contributed by atoms with Crippen LogP contribution in [0.15, 0.2) is 0 Å². The summed E-state index contributed by atoms with van der Waals surface area (Å²) in [6.07, 6.45) is 0. The smallest absolute Gasteiger partial charge is 0.0181 e. The van der Waals surface area contributed by atoms with E-state index in [0.29, 0.717) is 12.5 Å². The van der Waals surface area contributed by atoms with Crippen LogP contribution in [0.25, 0.3) is 0 Å². The highest BCUT2D eigenvalue weighted by Crippen LogP contribution is 1.99. The summed E-state index contributed by atoms with van der Waals surface area (Å²) in [7, 11) is 0. The molecule has 1 heterocycles. The van der Waals surface area contributed by atoms with Gasteiger partial charge in [-0.1, -0.05) is 0 Å². The first-order valence-electron chi connectivity index (χ1n) is 2.82. The lowest BCUT2D eigenvalue weighted by Crippen LogP contribution is -2.47. The van der Waals surface area contributed by atoms with Gasteiger partial charge in [0.05, 0.1) is 0 Å². The van der Waals surface area contributed by atoms with Crippen molar-refractivity contribution in [1.29, 1.82) is 0 Å². The summed E-state index contributed by atoms with van der Waals surface area (Å²) in [5.41, 5.74) is 0. The zero-order valence-corrected chi connectivity index (χ0v) is 6.96. The van der Waals surface area contributed by atoms with E-state index in [1.54, 1.807) is 0 Å². The van der Waals surface area contributed by atoms with Gasteiger partial charge in [-0.15, -0.1) is 12.4 Å². The number of hydrogen-bond acceptors (Lipinski definition) is 3. The Morgan fingerprint density at radius 3 is 2.60 bits per heavy atom. The molecule has 62 valence electrons. The van der Waals surface area contributed by atoms with Crippen molar-refractivity contribution >= 4 is 23.7 Å². The number of nitrogens with one attached hydrogen (secondary N) is 2. The van der Waals surface area contributed by atoms with Crippen LogP contribution in [0.3, 0.4) is 0 Å². The van der Waals surface area contributed by atoms with Gasteiger partial charge >= 0.3 is 0 Å². The minimum Gasteiger partial charge on any atom is -0.760 e. The molecular formula is C4H10ClN2O2S-. The predicted molar refractivity (Wildman–Crippen MR) is 40.5 cm³/mol. The largest absolute Gasteiger partial charge is 0.760 e. The Morgan fingerprint density at radius 1 is 1.70 bits per heavy atom. The van der Waals surface area contributed by atoms with Gasteiger partial charge in [0, 0.05) is 30.9 Å². The Kier molecular flexibility index (Phi) is 5.20. The topological polar surface area (TPSA) is 64.2 Å². The summed E-state index contributed by atoms with van der Waals surface area (Å²) in [4.78, 5) is 0. The van der Waals surface area contributed by atoms with Gasteiger partial charge in [-0.3, -0.25) is 4.21 Å². The zero-order chi connectivity index (χ0) is 6.69. The SMILES string of the molecule is Cl.O=S([O-])NCC1CNC1. The van der Waals surface area contributed by atoms with Crippen molar-refractivity contribution in [3.63, 3.8) is 0 Å². The van der Waals surface area contributed by atoms with E-state index in [1.165, 1.54) is 0 Å². The molecule has 1 atom stereocenters. The standard InChI is InChI=1S/C4H10N2O2S.ClH/c7-9(8)6-3-4-1-5-2-4;/h4-6H,1-3H2,(H,7,8);1H/p-1. The lowest BCUT2D eigenvalue weighted by molar-refractivity contribution is 0.346.